The van der Waals surface area contributed by atoms with Crippen molar-refractivity contribution in [2.75, 3.05) is 19.8 Å². The molecular formula is C16H31NO2S. The first-order valence-electron chi connectivity index (χ1n) is 8.24. The zero-order chi connectivity index (χ0) is 14.6. The molecule has 4 heteroatoms. The summed E-state index contributed by atoms with van der Waals surface area (Å²) >= 11 is 0. The maximum atomic E-state index is 13.0. The minimum absolute atomic E-state index is 0.327. The Balaban J connectivity index is 2.03. The first kappa shape index (κ1) is 16.4. The molecule has 0 bridgehead atoms. The maximum absolute atomic E-state index is 13.0. The normalized spacial score (nSPS) is 33.0. The van der Waals surface area contributed by atoms with Gasteiger partial charge in [0.05, 0.1) is 5.25 Å². The summed E-state index contributed by atoms with van der Waals surface area (Å²) in [6, 6.07) is 0.451. The van der Waals surface area contributed by atoms with Crippen LogP contribution < -0.4 is 5.32 Å². The molecule has 1 heterocycles. The van der Waals surface area contributed by atoms with E-state index in [-0.39, 0.29) is 0 Å². The Morgan fingerprint density at radius 2 is 1.95 bits per heavy atom. The van der Waals surface area contributed by atoms with E-state index in [2.05, 4.69) is 26.1 Å². The molecule has 3 unspecified atom stereocenters. The third-order valence-electron chi connectivity index (χ3n) is 4.79. The van der Waals surface area contributed by atoms with Crippen LogP contribution in [-0.2, 0) is 15.5 Å². The Labute approximate surface area is 126 Å². The molecule has 1 saturated carbocycles. The van der Waals surface area contributed by atoms with E-state index in [1.165, 1.54) is 12.8 Å². The van der Waals surface area contributed by atoms with E-state index in [4.69, 9.17) is 4.74 Å². The van der Waals surface area contributed by atoms with Gasteiger partial charge in [0.25, 0.3) is 0 Å². The molecule has 118 valence electrons. The lowest BCUT2D eigenvalue weighted by Gasteiger charge is -2.42. The Morgan fingerprint density at radius 3 is 2.60 bits per heavy atom. The lowest BCUT2D eigenvalue weighted by atomic mass is 9.75. The van der Waals surface area contributed by atoms with Gasteiger partial charge in [-0.1, -0.05) is 20.8 Å². The number of nitrogens with one attached hydrogen (secondary N) is 1. The average molecular weight is 301 g/mol. The van der Waals surface area contributed by atoms with Crippen molar-refractivity contribution in [1.82, 2.24) is 5.32 Å². The van der Waals surface area contributed by atoms with Crippen LogP contribution >= 0.6 is 0 Å². The number of hydrogen-bond acceptors (Lipinski definition) is 3. The summed E-state index contributed by atoms with van der Waals surface area (Å²) in [5.41, 5.74) is 0.343. The zero-order valence-electron chi connectivity index (χ0n) is 13.3. The second-order valence-electron chi connectivity index (χ2n) is 7.15. The van der Waals surface area contributed by atoms with Crippen LogP contribution in [0, 0.1) is 5.41 Å². The minimum atomic E-state index is -0.716. The summed E-state index contributed by atoms with van der Waals surface area (Å²) in [7, 11) is -0.716. The van der Waals surface area contributed by atoms with Gasteiger partial charge in [0.15, 0.2) is 0 Å². The third-order valence-corrected chi connectivity index (χ3v) is 7.01. The van der Waals surface area contributed by atoms with E-state index in [0.717, 1.165) is 45.4 Å². The topological polar surface area (TPSA) is 38.3 Å². The van der Waals surface area contributed by atoms with E-state index < -0.39 is 10.8 Å². The van der Waals surface area contributed by atoms with E-state index >= 15 is 0 Å². The lowest BCUT2D eigenvalue weighted by Crippen LogP contribution is -2.50. The van der Waals surface area contributed by atoms with Crippen LogP contribution in [0.2, 0.25) is 0 Å². The molecule has 1 aliphatic heterocycles. The molecule has 0 radical (unpaired) electrons. The van der Waals surface area contributed by atoms with Gasteiger partial charge in [-0.25, -0.2) is 0 Å². The van der Waals surface area contributed by atoms with Crippen molar-refractivity contribution in [1.29, 1.82) is 0 Å². The van der Waals surface area contributed by atoms with Crippen molar-refractivity contribution >= 4 is 10.8 Å². The molecule has 2 aliphatic rings. The van der Waals surface area contributed by atoms with Gasteiger partial charge >= 0.3 is 0 Å². The molecule has 0 aromatic carbocycles. The van der Waals surface area contributed by atoms with Gasteiger partial charge in [-0.2, -0.15) is 0 Å². The third kappa shape index (κ3) is 4.28. The van der Waals surface area contributed by atoms with Gasteiger partial charge < -0.3 is 10.1 Å². The van der Waals surface area contributed by atoms with Crippen LogP contribution in [0.3, 0.4) is 0 Å². The molecule has 20 heavy (non-hydrogen) atoms. The van der Waals surface area contributed by atoms with Crippen LogP contribution in [0.4, 0.5) is 0 Å². The van der Waals surface area contributed by atoms with Crippen LogP contribution in [0.25, 0.3) is 0 Å². The smallest absolute Gasteiger partial charge is 0.0509 e. The molecule has 1 N–H and O–H groups in total. The highest BCUT2D eigenvalue weighted by atomic mass is 32.2. The molecule has 1 aliphatic carbocycles. The minimum Gasteiger partial charge on any atom is -0.381 e. The molecule has 3 atom stereocenters. The van der Waals surface area contributed by atoms with Gasteiger partial charge in [-0.05, 0) is 50.5 Å². The number of hydrogen-bond donors (Lipinski definition) is 1. The van der Waals surface area contributed by atoms with E-state index in [1.807, 2.05) is 0 Å². The van der Waals surface area contributed by atoms with Crippen LogP contribution in [0.5, 0.6) is 0 Å². The van der Waals surface area contributed by atoms with Crippen LogP contribution in [0.1, 0.15) is 59.3 Å². The predicted octanol–water partition coefficient (Wildman–Crippen LogP) is 2.86. The first-order valence-corrected chi connectivity index (χ1v) is 9.51. The van der Waals surface area contributed by atoms with Crippen molar-refractivity contribution in [3.63, 3.8) is 0 Å². The van der Waals surface area contributed by atoms with Gasteiger partial charge in [0, 0.05) is 35.3 Å². The molecule has 0 aromatic heterocycles. The van der Waals surface area contributed by atoms with Gasteiger partial charge in [-0.15, -0.1) is 0 Å². The average Bonchev–Trinajstić information content (AvgIpc) is 2.45. The fraction of sp³-hybridized carbons (Fsp3) is 1.00. The second-order valence-corrected chi connectivity index (χ2v) is 9.08. The zero-order valence-corrected chi connectivity index (χ0v) is 14.1. The summed E-state index contributed by atoms with van der Waals surface area (Å²) in [6.07, 6.45) is 6.62. The highest BCUT2D eigenvalue weighted by Gasteiger charge is 2.40. The first-order chi connectivity index (χ1) is 9.53. The summed E-state index contributed by atoms with van der Waals surface area (Å²) in [5, 5.41) is 4.34. The van der Waals surface area contributed by atoms with Crippen molar-refractivity contribution in [3.05, 3.63) is 0 Å². The maximum Gasteiger partial charge on any atom is 0.0509 e. The molecule has 1 saturated heterocycles. The van der Waals surface area contributed by atoms with Gasteiger partial charge in [0.2, 0.25) is 0 Å². The highest BCUT2D eigenvalue weighted by molar-refractivity contribution is 7.86. The summed E-state index contributed by atoms with van der Waals surface area (Å²) in [5.74, 6) is 0. The molecule has 0 amide bonds. The molecule has 2 fully saturated rings. The standard InChI is InChI=1S/C16H31NO2S/c1-4-9-17-14-5-8-16(2,3)12-15(14)20(18)13-6-10-19-11-7-13/h13-15,17H,4-12H2,1-3H3. The van der Waals surface area contributed by atoms with Gasteiger partial charge in [-0.3, -0.25) is 4.21 Å². The number of rotatable bonds is 5. The fourth-order valence-corrected chi connectivity index (χ4v) is 5.81. The van der Waals surface area contributed by atoms with Crippen molar-refractivity contribution in [2.45, 2.75) is 75.8 Å². The quantitative estimate of drug-likeness (QED) is 0.848. The molecular weight excluding hydrogens is 270 g/mol. The largest absolute Gasteiger partial charge is 0.381 e. The predicted molar refractivity (Wildman–Crippen MR) is 85.5 cm³/mol. The lowest BCUT2D eigenvalue weighted by molar-refractivity contribution is 0.0986. The SMILES string of the molecule is CCCNC1CCC(C)(C)CC1S(=O)C1CCOCC1. The van der Waals surface area contributed by atoms with E-state index in [1.54, 1.807) is 0 Å². The summed E-state index contributed by atoms with van der Waals surface area (Å²) in [4.78, 5) is 0. The van der Waals surface area contributed by atoms with Gasteiger partial charge in [0.1, 0.15) is 0 Å². The summed E-state index contributed by atoms with van der Waals surface area (Å²) in [6.45, 7) is 9.49. The molecule has 0 spiro atoms. The Morgan fingerprint density at radius 1 is 1.25 bits per heavy atom. The fourth-order valence-electron chi connectivity index (χ4n) is 3.48. The van der Waals surface area contributed by atoms with Crippen molar-refractivity contribution in [3.8, 4) is 0 Å². The molecule has 3 nitrogen and oxygen atoms in total. The van der Waals surface area contributed by atoms with Crippen LogP contribution in [-0.4, -0.2) is 40.5 Å². The Bertz CT molecular complexity index is 326. The number of ether oxygens (including phenoxy) is 1. The van der Waals surface area contributed by atoms with Crippen molar-refractivity contribution in [2.24, 2.45) is 5.41 Å². The monoisotopic (exact) mass is 301 g/mol. The van der Waals surface area contributed by atoms with Crippen LogP contribution in [0.15, 0.2) is 0 Å². The molecule has 0 aromatic rings. The molecule has 2 rings (SSSR count). The Kier molecular flexibility index (Phi) is 6.06. The van der Waals surface area contributed by atoms with E-state index in [0.29, 0.717) is 22.0 Å². The summed E-state index contributed by atoms with van der Waals surface area (Å²) < 4.78 is 18.4. The van der Waals surface area contributed by atoms with E-state index in [9.17, 15) is 4.21 Å². The Hall–Kier alpha value is 0.0700. The second kappa shape index (κ2) is 7.37. The van der Waals surface area contributed by atoms with Crippen molar-refractivity contribution < 1.29 is 8.95 Å². The highest BCUT2D eigenvalue weighted by Crippen LogP contribution is 2.39.